The summed E-state index contributed by atoms with van der Waals surface area (Å²) in [6.45, 7) is 8.93. The maximum Gasteiger partial charge on any atom is 0.254 e. The highest BCUT2D eigenvalue weighted by atomic mass is 32.1. The Hall–Kier alpha value is -2.18. The van der Waals surface area contributed by atoms with Gasteiger partial charge in [0.05, 0.1) is 12.0 Å². The van der Waals surface area contributed by atoms with Crippen LogP contribution in [-0.4, -0.2) is 54.3 Å². The minimum atomic E-state index is -0.392. The standard InChI is InChI=1S/C26H35N3O2S/c1-19(2)18-29-24(22-12-8-17-32-22)23(20-10-4-5-11-21(20)26(29)31)25(30)27-13-9-16-28-14-6-3-7-15-28/h4-5,8,10-12,17,19,23-24H,3,6-7,9,13-16,18H2,1-2H3,(H,27,30)/t23-,24+/m1/s1. The number of piperidine rings is 1. The van der Waals surface area contributed by atoms with Gasteiger partial charge >= 0.3 is 0 Å². The molecule has 5 nitrogen and oxygen atoms in total. The number of nitrogens with one attached hydrogen (secondary N) is 1. The zero-order valence-corrected chi connectivity index (χ0v) is 20.1. The number of hydrogen-bond acceptors (Lipinski definition) is 4. The van der Waals surface area contributed by atoms with E-state index >= 15 is 0 Å². The summed E-state index contributed by atoms with van der Waals surface area (Å²) in [7, 11) is 0. The van der Waals surface area contributed by atoms with Crippen molar-refractivity contribution in [2.75, 3.05) is 32.7 Å². The Morgan fingerprint density at radius 1 is 1.12 bits per heavy atom. The van der Waals surface area contributed by atoms with Crippen LogP contribution >= 0.6 is 11.3 Å². The van der Waals surface area contributed by atoms with Crippen LogP contribution in [0.1, 0.15) is 72.3 Å². The molecule has 0 radical (unpaired) electrons. The van der Waals surface area contributed by atoms with Gasteiger partial charge < -0.3 is 15.1 Å². The largest absolute Gasteiger partial charge is 0.355 e. The number of likely N-dealkylation sites (tertiary alicyclic amines) is 1. The Balaban J connectivity index is 1.55. The van der Waals surface area contributed by atoms with Crippen molar-refractivity contribution in [1.82, 2.24) is 15.1 Å². The number of carbonyl (C=O) groups is 2. The second kappa shape index (κ2) is 10.6. The molecule has 32 heavy (non-hydrogen) atoms. The third-order valence-electron chi connectivity index (χ3n) is 6.52. The molecular formula is C26H35N3O2S. The summed E-state index contributed by atoms with van der Waals surface area (Å²) in [6, 6.07) is 11.5. The molecule has 2 aliphatic heterocycles. The van der Waals surface area contributed by atoms with Crippen molar-refractivity contribution in [3.63, 3.8) is 0 Å². The monoisotopic (exact) mass is 453 g/mol. The minimum absolute atomic E-state index is 0.0238. The van der Waals surface area contributed by atoms with Crippen molar-refractivity contribution in [2.24, 2.45) is 5.92 Å². The normalized spacial score (nSPS) is 21.6. The second-order valence-corrected chi connectivity index (χ2v) is 10.4. The van der Waals surface area contributed by atoms with Gasteiger partial charge in [-0.25, -0.2) is 0 Å². The Morgan fingerprint density at radius 3 is 2.62 bits per heavy atom. The van der Waals surface area contributed by atoms with Crippen molar-refractivity contribution < 1.29 is 9.59 Å². The van der Waals surface area contributed by atoms with Crippen LogP contribution in [0.15, 0.2) is 41.8 Å². The maximum atomic E-state index is 13.6. The molecule has 6 heteroatoms. The molecular weight excluding hydrogens is 418 g/mol. The van der Waals surface area contributed by atoms with Crippen LogP contribution in [0.2, 0.25) is 0 Å². The van der Waals surface area contributed by atoms with Gasteiger partial charge in [0, 0.05) is 23.5 Å². The molecule has 3 heterocycles. The Kier molecular flexibility index (Phi) is 7.63. The molecule has 0 saturated carbocycles. The lowest BCUT2D eigenvalue weighted by molar-refractivity contribution is -0.124. The van der Waals surface area contributed by atoms with Gasteiger partial charge in [0.15, 0.2) is 0 Å². The Labute approximate surface area is 195 Å². The number of hydrogen-bond donors (Lipinski definition) is 1. The molecule has 0 unspecified atom stereocenters. The number of rotatable bonds is 8. The van der Waals surface area contributed by atoms with Crippen molar-refractivity contribution in [3.05, 3.63) is 57.8 Å². The number of thiophene rings is 1. The molecule has 4 rings (SSSR count). The van der Waals surface area contributed by atoms with Gasteiger partial charge in [0.2, 0.25) is 5.91 Å². The second-order valence-electron chi connectivity index (χ2n) is 9.42. The van der Waals surface area contributed by atoms with Gasteiger partial charge in [0.1, 0.15) is 0 Å². The molecule has 172 valence electrons. The van der Waals surface area contributed by atoms with E-state index in [4.69, 9.17) is 0 Å². The molecule has 2 amide bonds. The molecule has 1 saturated heterocycles. The van der Waals surface area contributed by atoms with Gasteiger partial charge in [-0.2, -0.15) is 0 Å². The predicted octanol–water partition coefficient (Wildman–Crippen LogP) is 4.68. The van der Waals surface area contributed by atoms with Crippen LogP contribution in [-0.2, 0) is 4.79 Å². The van der Waals surface area contributed by atoms with E-state index in [9.17, 15) is 9.59 Å². The molecule has 1 aromatic heterocycles. The van der Waals surface area contributed by atoms with E-state index in [1.807, 2.05) is 40.6 Å². The van der Waals surface area contributed by atoms with E-state index < -0.39 is 5.92 Å². The predicted molar refractivity (Wildman–Crippen MR) is 130 cm³/mol. The average Bonchev–Trinajstić information content (AvgIpc) is 3.33. The van der Waals surface area contributed by atoms with E-state index in [1.165, 1.54) is 32.4 Å². The van der Waals surface area contributed by atoms with Crippen LogP contribution in [0.4, 0.5) is 0 Å². The number of fused-ring (bicyclic) bond motifs is 1. The van der Waals surface area contributed by atoms with Gasteiger partial charge in [-0.3, -0.25) is 9.59 Å². The highest BCUT2D eigenvalue weighted by Gasteiger charge is 2.44. The minimum Gasteiger partial charge on any atom is -0.355 e. The first-order valence-corrected chi connectivity index (χ1v) is 12.9. The van der Waals surface area contributed by atoms with Crippen molar-refractivity contribution in [3.8, 4) is 0 Å². The summed E-state index contributed by atoms with van der Waals surface area (Å²) in [4.78, 5) is 32.6. The van der Waals surface area contributed by atoms with Crippen molar-refractivity contribution in [2.45, 2.75) is 51.5 Å². The molecule has 2 aliphatic rings. The summed E-state index contributed by atoms with van der Waals surface area (Å²) < 4.78 is 0. The number of carbonyl (C=O) groups excluding carboxylic acids is 2. The summed E-state index contributed by atoms with van der Waals surface area (Å²) in [5, 5.41) is 5.24. The van der Waals surface area contributed by atoms with Gasteiger partial charge in [-0.1, -0.05) is 44.5 Å². The first-order valence-electron chi connectivity index (χ1n) is 12.0. The third kappa shape index (κ3) is 5.07. The molecule has 1 aromatic carbocycles. The average molecular weight is 454 g/mol. The number of benzene rings is 1. The summed E-state index contributed by atoms with van der Waals surface area (Å²) in [5.41, 5.74) is 1.51. The van der Waals surface area contributed by atoms with Crippen LogP contribution in [0.5, 0.6) is 0 Å². The topological polar surface area (TPSA) is 52.7 Å². The first-order chi connectivity index (χ1) is 15.6. The lowest BCUT2D eigenvalue weighted by Gasteiger charge is -2.42. The smallest absolute Gasteiger partial charge is 0.254 e. The maximum absolute atomic E-state index is 13.6. The van der Waals surface area contributed by atoms with Crippen molar-refractivity contribution in [1.29, 1.82) is 0 Å². The molecule has 0 spiro atoms. The van der Waals surface area contributed by atoms with E-state index in [1.54, 1.807) is 11.3 Å². The SMILES string of the molecule is CC(C)CN1C(=O)c2ccccc2[C@@H](C(=O)NCCCN2CCCCC2)[C@@H]1c1cccs1. The Bertz CT molecular complexity index is 906. The summed E-state index contributed by atoms with van der Waals surface area (Å²) in [5.74, 6) is -0.0196. The molecule has 0 bridgehead atoms. The molecule has 1 N–H and O–H groups in total. The van der Waals surface area contributed by atoms with E-state index in [2.05, 4.69) is 30.1 Å². The lowest BCUT2D eigenvalue weighted by atomic mass is 9.81. The van der Waals surface area contributed by atoms with Crippen LogP contribution in [0.25, 0.3) is 0 Å². The molecule has 0 aliphatic carbocycles. The molecule has 1 fully saturated rings. The van der Waals surface area contributed by atoms with Crippen LogP contribution in [0, 0.1) is 5.92 Å². The van der Waals surface area contributed by atoms with Gasteiger partial charge in [-0.05, 0) is 67.9 Å². The first kappa shape index (κ1) is 23.0. The van der Waals surface area contributed by atoms with Gasteiger partial charge in [-0.15, -0.1) is 11.3 Å². The lowest BCUT2D eigenvalue weighted by Crippen LogP contribution is -2.48. The zero-order chi connectivity index (χ0) is 22.5. The van der Waals surface area contributed by atoms with E-state index in [0.29, 0.717) is 24.6 Å². The fourth-order valence-electron chi connectivity index (χ4n) is 5.05. The quantitative estimate of drug-likeness (QED) is 0.591. The molecule has 2 aromatic rings. The Morgan fingerprint density at radius 2 is 1.91 bits per heavy atom. The summed E-state index contributed by atoms with van der Waals surface area (Å²) in [6.07, 6.45) is 4.86. The number of nitrogens with zero attached hydrogens (tertiary/aromatic N) is 2. The number of amides is 2. The van der Waals surface area contributed by atoms with E-state index in [-0.39, 0.29) is 17.9 Å². The summed E-state index contributed by atoms with van der Waals surface area (Å²) >= 11 is 1.62. The highest BCUT2D eigenvalue weighted by molar-refractivity contribution is 7.10. The zero-order valence-electron chi connectivity index (χ0n) is 19.3. The van der Waals surface area contributed by atoms with Crippen molar-refractivity contribution >= 4 is 23.2 Å². The van der Waals surface area contributed by atoms with Gasteiger partial charge in [0.25, 0.3) is 5.91 Å². The molecule has 2 atom stereocenters. The highest BCUT2D eigenvalue weighted by Crippen LogP contribution is 2.44. The fraction of sp³-hybridized carbons (Fsp3) is 0.538. The van der Waals surface area contributed by atoms with Crippen LogP contribution < -0.4 is 5.32 Å². The van der Waals surface area contributed by atoms with Crippen LogP contribution in [0.3, 0.4) is 0 Å². The van der Waals surface area contributed by atoms with E-state index in [0.717, 1.165) is 23.4 Å². The fourth-order valence-corrected chi connectivity index (χ4v) is 5.93. The third-order valence-corrected chi connectivity index (χ3v) is 7.46.